The Bertz CT molecular complexity index is 595. The summed E-state index contributed by atoms with van der Waals surface area (Å²) in [6.07, 6.45) is 5.58. The second-order valence-electron chi connectivity index (χ2n) is 6.69. The van der Waals surface area contributed by atoms with Crippen molar-refractivity contribution in [3.8, 4) is 0 Å². The minimum atomic E-state index is -0.423. The first-order valence-corrected chi connectivity index (χ1v) is 8.38. The van der Waals surface area contributed by atoms with E-state index in [4.69, 9.17) is 4.74 Å². The number of alkyl carbamates (subject to hydrolysis) is 1. The lowest BCUT2D eigenvalue weighted by atomic mass is 9.95. The highest BCUT2D eigenvalue weighted by atomic mass is 16.6. The second kappa shape index (κ2) is 7.17. The molecular weight excluding hydrogens is 308 g/mol. The van der Waals surface area contributed by atoms with Crippen molar-refractivity contribution >= 4 is 12.0 Å². The minimum absolute atomic E-state index is 0.121. The number of hydrogen-bond acceptors (Lipinski definition) is 5. The van der Waals surface area contributed by atoms with Crippen molar-refractivity contribution in [3.05, 3.63) is 30.1 Å². The highest BCUT2D eigenvalue weighted by Crippen LogP contribution is 2.29. The molecule has 2 amide bonds. The van der Waals surface area contributed by atoms with Gasteiger partial charge in [-0.3, -0.25) is 14.7 Å². The summed E-state index contributed by atoms with van der Waals surface area (Å²) in [6, 6.07) is 3.90. The van der Waals surface area contributed by atoms with Crippen molar-refractivity contribution in [2.45, 2.75) is 31.4 Å². The molecule has 0 bridgehead atoms. The van der Waals surface area contributed by atoms with Crippen molar-refractivity contribution in [1.29, 1.82) is 0 Å². The van der Waals surface area contributed by atoms with Crippen LogP contribution in [0.3, 0.4) is 0 Å². The smallest absolute Gasteiger partial charge is 0.407 e. The average molecular weight is 332 g/mol. The Labute approximate surface area is 142 Å². The quantitative estimate of drug-likeness (QED) is 0.890. The normalized spacial score (nSPS) is 23.9. The number of nitrogens with zero attached hydrogens (tertiary/aromatic N) is 3. The molecule has 1 unspecified atom stereocenters. The zero-order chi connectivity index (χ0) is 17.0. The maximum atomic E-state index is 12.6. The molecule has 1 aromatic heterocycles. The first-order valence-electron chi connectivity index (χ1n) is 8.38. The van der Waals surface area contributed by atoms with Crippen molar-refractivity contribution in [2.75, 3.05) is 33.2 Å². The van der Waals surface area contributed by atoms with Crippen LogP contribution in [-0.2, 0) is 16.1 Å². The van der Waals surface area contributed by atoms with Gasteiger partial charge in [-0.25, -0.2) is 4.79 Å². The van der Waals surface area contributed by atoms with E-state index in [1.165, 1.54) is 0 Å². The Kier molecular flexibility index (Phi) is 4.99. The van der Waals surface area contributed by atoms with Crippen LogP contribution in [0.15, 0.2) is 24.5 Å². The summed E-state index contributed by atoms with van der Waals surface area (Å²) in [7, 11) is 1.94. The van der Waals surface area contributed by atoms with Crippen LogP contribution in [0.1, 0.15) is 24.8 Å². The molecule has 7 heteroatoms. The standard InChI is InChI=1S/C17H24N4O3/c1-20(11-14-4-2-7-18-10-14)12-15(22)21-8-3-5-17(6-9-21)13-19-16(23)24-17/h2,4,7,10H,3,5-6,8-9,11-13H2,1H3,(H,19,23). The highest BCUT2D eigenvalue weighted by Gasteiger charge is 2.41. The van der Waals surface area contributed by atoms with Gasteiger partial charge in [0.2, 0.25) is 5.91 Å². The molecule has 1 N–H and O–H groups in total. The summed E-state index contributed by atoms with van der Waals surface area (Å²) in [6.45, 7) is 2.97. The van der Waals surface area contributed by atoms with E-state index in [9.17, 15) is 9.59 Å². The fraction of sp³-hybridized carbons (Fsp3) is 0.588. The number of likely N-dealkylation sites (tertiary alicyclic amines) is 1. The number of likely N-dealkylation sites (N-methyl/N-ethyl adjacent to an activating group) is 1. The van der Waals surface area contributed by atoms with Crippen LogP contribution in [0, 0.1) is 0 Å². The van der Waals surface area contributed by atoms with E-state index in [2.05, 4.69) is 10.3 Å². The van der Waals surface area contributed by atoms with Gasteiger partial charge in [-0.1, -0.05) is 6.07 Å². The van der Waals surface area contributed by atoms with E-state index >= 15 is 0 Å². The molecule has 2 aliphatic heterocycles. The molecule has 130 valence electrons. The van der Waals surface area contributed by atoms with Gasteiger partial charge >= 0.3 is 6.09 Å². The molecule has 3 heterocycles. The maximum absolute atomic E-state index is 12.6. The summed E-state index contributed by atoms with van der Waals surface area (Å²) >= 11 is 0. The second-order valence-corrected chi connectivity index (χ2v) is 6.69. The summed E-state index contributed by atoms with van der Waals surface area (Å²) < 4.78 is 5.45. The van der Waals surface area contributed by atoms with Crippen molar-refractivity contribution in [2.24, 2.45) is 0 Å². The lowest BCUT2D eigenvalue weighted by molar-refractivity contribution is -0.132. The molecule has 7 nitrogen and oxygen atoms in total. The Balaban J connectivity index is 1.51. The van der Waals surface area contributed by atoms with Crippen LogP contribution in [0.2, 0.25) is 0 Å². The maximum Gasteiger partial charge on any atom is 0.407 e. The van der Waals surface area contributed by atoms with E-state index in [-0.39, 0.29) is 12.0 Å². The number of hydrogen-bond donors (Lipinski definition) is 1. The summed E-state index contributed by atoms with van der Waals surface area (Å²) in [5, 5.41) is 2.73. The summed E-state index contributed by atoms with van der Waals surface area (Å²) in [5.41, 5.74) is 0.667. The Hall–Kier alpha value is -2.15. The van der Waals surface area contributed by atoms with Gasteiger partial charge < -0.3 is 15.0 Å². The van der Waals surface area contributed by atoms with Crippen LogP contribution in [0.4, 0.5) is 4.79 Å². The number of carbonyl (C=O) groups excluding carboxylic acids is 2. The summed E-state index contributed by atoms with van der Waals surface area (Å²) in [4.78, 5) is 31.9. The van der Waals surface area contributed by atoms with Crippen LogP contribution in [-0.4, -0.2) is 65.6 Å². The third kappa shape index (κ3) is 4.03. The average Bonchev–Trinajstić information content (AvgIpc) is 2.79. The van der Waals surface area contributed by atoms with Gasteiger partial charge in [-0.05, 0) is 31.5 Å². The largest absolute Gasteiger partial charge is 0.441 e. The van der Waals surface area contributed by atoms with Crippen LogP contribution in [0.25, 0.3) is 0 Å². The Morgan fingerprint density at radius 1 is 1.46 bits per heavy atom. The van der Waals surface area contributed by atoms with E-state index in [1.54, 1.807) is 6.20 Å². The molecule has 2 saturated heterocycles. The molecule has 3 rings (SSSR count). The molecule has 0 saturated carbocycles. The van der Waals surface area contributed by atoms with Crippen molar-refractivity contribution < 1.29 is 14.3 Å². The van der Waals surface area contributed by atoms with Gasteiger partial charge in [0.15, 0.2) is 0 Å². The zero-order valence-electron chi connectivity index (χ0n) is 14.0. The molecule has 1 spiro atoms. The number of ether oxygens (including phenoxy) is 1. The van der Waals surface area contributed by atoms with Gasteiger partial charge in [-0.15, -0.1) is 0 Å². The van der Waals surface area contributed by atoms with Crippen molar-refractivity contribution in [1.82, 2.24) is 20.1 Å². The number of pyridine rings is 1. The van der Waals surface area contributed by atoms with Gasteiger partial charge in [0, 0.05) is 38.4 Å². The molecule has 1 atom stereocenters. The fourth-order valence-corrected chi connectivity index (χ4v) is 3.39. The van der Waals surface area contributed by atoms with Gasteiger partial charge in [0.25, 0.3) is 0 Å². The van der Waals surface area contributed by atoms with Gasteiger partial charge in [0.05, 0.1) is 13.1 Å². The third-order valence-electron chi connectivity index (χ3n) is 4.70. The molecular formula is C17H24N4O3. The SMILES string of the molecule is CN(CC(=O)N1CCCC2(CC1)CNC(=O)O2)Cc1cccnc1. The highest BCUT2D eigenvalue weighted by molar-refractivity contribution is 5.78. The number of carbonyl (C=O) groups is 2. The van der Waals surface area contributed by atoms with E-state index < -0.39 is 5.60 Å². The van der Waals surface area contributed by atoms with Crippen LogP contribution in [0.5, 0.6) is 0 Å². The van der Waals surface area contributed by atoms with E-state index in [0.717, 1.165) is 24.9 Å². The molecule has 2 fully saturated rings. The van der Waals surface area contributed by atoms with Crippen LogP contribution < -0.4 is 5.32 Å². The zero-order valence-corrected chi connectivity index (χ0v) is 14.0. The van der Waals surface area contributed by atoms with E-state index in [1.807, 2.05) is 35.2 Å². The number of amides is 2. The Morgan fingerprint density at radius 2 is 2.33 bits per heavy atom. The van der Waals surface area contributed by atoms with Gasteiger partial charge in [-0.2, -0.15) is 0 Å². The first-order chi connectivity index (χ1) is 11.6. The topological polar surface area (TPSA) is 74.8 Å². The predicted molar refractivity (Wildman–Crippen MR) is 88.2 cm³/mol. The molecule has 24 heavy (non-hydrogen) atoms. The molecule has 2 aliphatic rings. The molecule has 1 aromatic rings. The fourth-order valence-electron chi connectivity index (χ4n) is 3.39. The monoisotopic (exact) mass is 332 g/mol. The molecule has 0 aliphatic carbocycles. The third-order valence-corrected chi connectivity index (χ3v) is 4.70. The lowest BCUT2D eigenvalue weighted by Crippen LogP contribution is -2.40. The van der Waals surface area contributed by atoms with Crippen LogP contribution >= 0.6 is 0 Å². The lowest BCUT2D eigenvalue weighted by Gasteiger charge is -2.26. The predicted octanol–water partition coefficient (Wildman–Crippen LogP) is 1.00. The minimum Gasteiger partial charge on any atom is -0.441 e. The molecule has 0 aromatic carbocycles. The Morgan fingerprint density at radius 3 is 3.04 bits per heavy atom. The molecule has 0 radical (unpaired) electrons. The number of aromatic nitrogens is 1. The number of nitrogens with one attached hydrogen (secondary N) is 1. The van der Waals surface area contributed by atoms with E-state index in [0.29, 0.717) is 32.6 Å². The van der Waals surface area contributed by atoms with Crippen molar-refractivity contribution in [3.63, 3.8) is 0 Å². The van der Waals surface area contributed by atoms with Gasteiger partial charge in [0.1, 0.15) is 5.60 Å². The number of rotatable bonds is 4. The summed E-state index contributed by atoms with van der Waals surface area (Å²) in [5.74, 6) is 0.121. The first kappa shape index (κ1) is 16.7.